The monoisotopic (exact) mass is 273 g/mol. The smallest absolute Gasteiger partial charge is 0.0683 e. The van der Waals surface area contributed by atoms with E-state index in [-0.39, 0.29) is 5.41 Å². The lowest BCUT2D eigenvalue weighted by atomic mass is 9.90. The van der Waals surface area contributed by atoms with E-state index in [0.29, 0.717) is 0 Å². The van der Waals surface area contributed by atoms with Gasteiger partial charge in [0.25, 0.3) is 0 Å². The zero-order valence-corrected chi connectivity index (χ0v) is 13.0. The average Bonchev–Trinajstić information content (AvgIpc) is 2.41. The summed E-state index contributed by atoms with van der Waals surface area (Å²) in [6.45, 7) is 9.20. The van der Waals surface area contributed by atoms with Crippen LogP contribution in [0.4, 0.5) is 5.69 Å². The number of para-hydroxylation sites is 1. The quantitative estimate of drug-likeness (QED) is 0.733. The fourth-order valence-electron chi connectivity index (χ4n) is 2.31. The summed E-state index contributed by atoms with van der Waals surface area (Å²) in [4.78, 5) is 2.43. The van der Waals surface area contributed by atoms with Gasteiger partial charge < -0.3 is 5.73 Å². The highest BCUT2D eigenvalue weighted by Gasteiger charge is 2.16. The van der Waals surface area contributed by atoms with Gasteiger partial charge in [-0.3, -0.25) is 4.90 Å². The molecule has 0 saturated heterocycles. The van der Waals surface area contributed by atoms with Crippen LogP contribution in [0.1, 0.15) is 45.6 Å². The summed E-state index contributed by atoms with van der Waals surface area (Å²) in [5.74, 6) is 0. The SMILES string of the molecule is CCCN(CCCC(C)(C)C#N)Cc1ccccc1N. The molecule has 0 atom stereocenters. The lowest BCUT2D eigenvalue weighted by Crippen LogP contribution is -2.26. The van der Waals surface area contributed by atoms with Crippen molar-refractivity contribution in [3.05, 3.63) is 29.8 Å². The molecular weight excluding hydrogens is 246 g/mol. The van der Waals surface area contributed by atoms with E-state index in [4.69, 9.17) is 11.0 Å². The molecule has 2 N–H and O–H groups in total. The molecule has 0 saturated carbocycles. The summed E-state index contributed by atoms with van der Waals surface area (Å²) < 4.78 is 0. The minimum atomic E-state index is -0.219. The van der Waals surface area contributed by atoms with E-state index in [9.17, 15) is 0 Å². The Morgan fingerprint density at radius 2 is 1.95 bits per heavy atom. The van der Waals surface area contributed by atoms with Gasteiger partial charge in [0.15, 0.2) is 0 Å². The van der Waals surface area contributed by atoms with Gasteiger partial charge in [0.2, 0.25) is 0 Å². The number of nitrogens with two attached hydrogens (primary N) is 1. The molecule has 20 heavy (non-hydrogen) atoms. The molecule has 0 spiro atoms. The van der Waals surface area contributed by atoms with Crippen LogP contribution in [0.25, 0.3) is 0 Å². The van der Waals surface area contributed by atoms with Gasteiger partial charge in [0, 0.05) is 12.2 Å². The minimum Gasteiger partial charge on any atom is -0.398 e. The molecule has 1 aromatic rings. The molecule has 0 aliphatic rings. The zero-order chi connectivity index (χ0) is 15.0. The molecule has 0 unspecified atom stereocenters. The van der Waals surface area contributed by atoms with Gasteiger partial charge in [-0.25, -0.2) is 0 Å². The van der Waals surface area contributed by atoms with E-state index in [1.54, 1.807) is 0 Å². The molecule has 1 rings (SSSR count). The van der Waals surface area contributed by atoms with Gasteiger partial charge in [0.05, 0.1) is 11.5 Å². The normalized spacial score (nSPS) is 11.6. The van der Waals surface area contributed by atoms with E-state index in [1.807, 2.05) is 32.0 Å². The van der Waals surface area contributed by atoms with Crippen LogP contribution in [-0.2, 0) is 6.54 Å². The number of nitrogens with zero attached hydrogens (tertiary/aromatic N) is 2. The topological polar surface area (TPSA) is 53.0 Å². The van der Waals surface area contributed by atoms with Crippen molar-refractivity contribution in [3.8, 4) is 6.07 Å². The fraction of sp³-hybridized carbons (Fsp3) is 0.588. The van der Waals surface area contributed by atoms with E-state index in [2.05, 4.69) is 24.0 Å². The van der Waals surface area contributed by atoms with Crippen molar-refractivity contribution in [2.24, 2.45) is 5.41 Å². The molecule has 3 nitrogen and oxygen atoms in total. The van der Waals surface area contributed by atoms with Gasteiger partial charge >= 0.3 is 0 Å². The first kappa shape index (κ1) is 16.5. The van der Waals surface area contributed by atoms with Gasteiger partial charge in [-0.2, -0.15) is 5.26 Å². The molecule has 1 aromatic carbocycles. The Morgan fingerprint density at radius 3 is 2.55 bits per heavy atom. The number of benzene rings is 1. The number of rotatable bonds is 8. The summed E-state index contributed by atoms with van der Waals surface area (Å²) >= 11 is 0. The Balaban J connectivity index is 2.53. The Labute approximate surface area is 123 Å². The fourth-order valence-corrected chi connectivity index (χ4v) is 2.31. The van der Waals surface area contributed by atoms with E-state index in [0.717, 1.165) is 44.6 Å². The first-order valence-electron chi connectivity index (χ1n) is 7.45. The second-order valence-corrected chi connectivity index (χ2v) is 6.07. The Morgan fingerprint density at radius 1 is 1.25 bits per heavy atom. The standard InChI is InChI=1S/C17H27N3/c1-4-11-20(12-7-10-17(2,3)14-18)13-15-8-5-6-9-16(15)19/h5-6,8-9H,4,7,10-13,19H2,1-3H3. The maximum Gasteiger partial charge on any atom is 0.0683 e. The molecule has 110 valence electrons. The molecule has 0 aliphatic carbocycles. The number of anilines is 1. The van der Waals surface area contributed by atoms with Gasteiger partial charge in [-0.05, 0) is 57.8 Å². The third-order valence-electron chi connectivity index (χ3n) is 3.57. The summed E-state index contributed by atoms with van der Waals surface area (Å²) in [5.41, 5.74) is 7.86. The Bertz CT molecular complexity index is 446. The van der Waals surface area contributed by atoms with Crippen molar-refractivity contribution in [2.75, 3.05) is 18.8 Å². The maximum absolute atomic E-state index is 9.05. The summed E-state index contributed by atoms with van der Waals surface area (Å²) in [5, 5.41) is 9.05. The highest BCUT2D eigenvalue weighted by atomic mass is 15.1. The van der Waals surface area contributed by atoms with Crippen molar-refractivity contribution in [1.82, 2.24) is 4.90 Å². The van der Waals surface area contributed by atoms with Crippen LogP contribution in [0, 0.1) is 16.7 Å². The van der Waals surface area contributed by atoms with Crippen LogP contribution in [0.15, 0.2) is 24.3 Å². The Kier molecular flexibility index (Phi) is 6.54. The molecule has 0 bridgehead atoms. The van der Waals surface area contributed by atoms with Crippen LogP contribution >= 0.6 is 0 Å². The van der Waals surface area contributed by atoms with Gasteiger partial charge in [-0.1, -0.05) is 25.1 Å². The van der Waals surface area contributed by atoms with Gasteiger partial charge in [-0.15, -0.1) is 0 Å². The molecule has 0 aliphatic heterocycles. The number of hydrogen-bond donors (Lipinski definition) is 1. The third-order valence-corrected chi connectivity index (χ3v) is 3.57. The van der Waals surface area contributed by atoms with Crippen molar-refractivity contribution in [1.29, 1.82) is 5.26 Å². The van der Waals surface area contributed by atoms with E-state index < -0.39 is 0 Å². The summed E-state index contributed by atoms with van der Waals surface area (Å²) in [7, 11) is 0. The summed E-state index contributed by atoms with van der Waals surface area (Å²) in [6.07, 6.45) is 3.12. The van der Waals surface area contributed by atoms with Crippen LogP contribution < -0.4 is 5.73 Å². The van der Waals surface area contributed by atoms with E-state index >= 15 is 0 Å². The van der Waals surface area contributed by atoms with Crippen LogP contribution in [-0.4, -0.2) is 18.0 Å². The van der Waals surface area contributed by atoms with Crippen LogP contribution in [0.2, 0.25) is 0 Å². The highest BCUT2D eigenvalue weighted by Crippen LogP contribution is 2.21. The second-order valence-electron chi connectivity index (χ2n) is 6.07. The predicted octanol–water partition coefficient (Wildman–Crippen LogP) is 3.81. The van der Waals surface area contributed by atoms with Crippen molar-refractivity contribution in [3.63, 3.8) is 0 Å². The molecular formula is C17H27N3. The highest BCUT2D eigenvalue weighted by molar-refractivity contribution is 5.46. The lowest BCUT2D eigenvalue weighted by Gasteiger charge is -2.24. The van der Waals surface area contributed by atoms with Crippen LogP contribution in [0.5, 0.6) is 0 Å². The Hall–Kier alpha value is -1.53. The second kappa shape index (κ2) is 7.91. The number of hydrogen-bond acceptors (Lipinski definition) is 3. The zero-order valence-electron chi connectivity index (χ0n) is 13.0. The van der Waals surface area contributed by atoms with Crippen molar-refractivity contribution in [2.45, 2.75) is 46.6 Å². The molecule has 0 aromatic heterocycles. The molecule has 0 amide bonds. The average molecular weight is 273 g/mol. The minimum absolute atomic E-state index is 0.219. The predicted molar refractivity (Wildman–Crippen MR) is 85.1 cm³/mol. The molecule has 0 radical (unpaired) electrons. The van der Waals surface area contributed by atoms with Crippen LogP contribution in [0.3, 0.4) is 0 Å². The largest absolute Gasteiger partial charge is 0.398 e. The first-order chi connectivity index (χ1) is 9.48. The molecule has 0 heterocycles. The number of nitrogen functional groups attached to an aromatic ring is 1. The maximum atomic E-state index is 9.05. The van der Waals surface area contributed by atoms with Gasteiger partial charge in [0.1, 0.15) is 0 Å². The molecule has 3 heteroatoms. The van der Waals surface area contributed by atoms with Crippen molar-refractivity contribution < 1.29 is 0 Å². The summed E-state index contributed by atoms with van der Waals surface area (Å²) in [6, 6.07) is 10.4. The molecule has 0 fully saturated rings. The van der Waals surface area contributed by atoms with E-state index in [1.165, 1.54) is 5.56 Å². The third kappa shape index (κ3) is 5.63. The van der Waals surface area contributed by atoms with Crippen molar-refractivity contribution >= 4 is 5.69 Å². The first-order valence-corrected chi connectivity index (χ1v) is 7.45. The lowest BCUT2D eigenvalue weighted by molar-refractivity contribution is 0.249. The number of nitriles is 1.